The average Bonchev–Trinajstić information content (AvgIpc) is 2.99. The van der Waals surface area contributed by atoms with Crippen LogP contribution in [0.4, 0.5) is 4.39 Å². The molecular formula is C19H13ClFN3O3. The van der Waals surface area contributed by atoms with Crippen LogP contribution in [0, 0.1) is 17.1 Å². The summed E-state index contributed by atoms with van der Waals surface area (Å²) in [7, 11) is 1.70. The molecule has 0 fully saturated rings. The molecule has 0 aliphatic rings. The number of aliphatic hydroxyl groups is 1. The van der Waals surface area contributed by atoms with Gasteiger partial charge < -0.3 is 14.4 Å². The second kappa shape index (κ2) is 7.48. The number of para-hydroxylation sites is 2. The van der Waals surface area contributed by atoms with E-state index in [9.17, 15) is 19.6 Å². The Balaban J connectivity index is 1.87. The third-order valence-electron chi connectivity index (χ3n) is 3.90. The number of halogens is 2. The number of carbonyl (C=O) groups excluding carboxylic acids is 1. The van der Waals surface area contributed by atoms with Gasteiger partial charge in [-0.2, -0.15) is 5.26 Å². The molecule has 8 heteroatoms. The van der Waals surface area contributed by atoms with E-state index in [1.807, 2.05) is 18.2 Å². The molecule has 0 aliphatic heterocycles. The number of aryl methyl sites for hydroxylation is 1. The molecule has 0 bridgehead atoms. The van der Waals surface area contributed by atoms with Crippen LogP contribution in [-0.2, 0) is 11.8 Å². The highest BCUT2D eigenvalue weighted by molar-refractivity contribution is 6.30. The van der Waals surface area contributed by atoms with Gasteiger partial charge in [0, 0.05) is 12.1 Å². The Morgan fingerprint density at radius 2 is 2.11 bits per heavy atom. The highest BCUT2D eigenvalue weighted by Gasteiger charge is 2.19. The Morgan fingerprint density at radius 1 is 1.37 bits per heavy atom. The molecule has 2 aromatic carbocycles. The van der Waals surface area contributed by atoms with Crippen LogP contribution in [0.5, 0.6) is 0 Å². The number of ether oxygens (including phenoxy) is 1. The lowest BCUT2D eigenvalue weighted by atomic mass is 10.2. The van der Waals surface area contributed by atoms with Gasteiger partial charge >= 0.3 is 5.97 Å². The smallest absolute Gasteiger partial charge is 0.341 e. The number of allylic oxidation sites excluding steroid dienone is 1. The number of benzene rings is 2. The first-order valence-corrected chi connectivity index (χ1v) is 8.16. The molecular weight excluding hydrogens is 373 g/mol. The van der Waals surface area contributed by atoms with Crippen LogP contribution < -0.4 is 0 Å². The molecule has 0 unspecified atom stereocenters. The van der Waals surface area contributed by atoms with Crippen LogP contribution in [0.2, 0.25) is 5.02 Å². The number of esters is 1. The molecule has 0 saturated heterocycles. The van der Waals surface area contributed by atoms with E-state index in [1.165, 1.54) is 6.07 Å². The maximum absolute atomic E-state index is 13.7. The Bertz CT molecular complexity index is 1120. The van der Waals surface area contributed by atoms with Gasteiger partial charge in [-0.05, 0) is 30.3 Å². The standard InChI is InChI=1S/C19H13ClFN3O3/c1-24-16-5-3-2-4-15(16)23-18(24)13(9-22)17(25)10-27-19(26)12-8-11(20)6-7-14(12)21/h2-8,25H,10H2,1H3/b17-13-. The number of nitriles is 1. The Labute approximate surface area is 158 Å². The van der Waals surface area contributed by atoms with Gasteiger partial charge in [0.05, 0.1) is 16.6 Å². The van der Waals surface area contributed by atoms with E-state index in [-0.39, 0.29) is 22.0 Å². The van der Waals surface area contributed by atoms with Crippen molar-refractivity contribution in [2.45, 2.75) is 0 Å². The summed E-state index contributed by atoms with van der Waals surface area (Å²) in [6, 6.07) is 12.5. The quantitative estimate of drug-likeness (QED) is 0.416. The first-order valence-electron chi connectivity index (χ1n) is 7.78. The molecule has 136 valence electrons. The van der Waals surface area contributed by atoms with Crippen LogP contribution >= 0.6 is 11.6 Å². The second-order valence-corrected chi connectivity index (χ2v) is 6.05. The van der Waals surface area contributed by atoms with Crippen molar-refractivity contribution in [1.29, 1.82) is 5.26 Å². The minimum atomic E-state index is -1.01. The van der Waals surface area contributed by atoms with Gasteiger partial charge in [-0.3, -0.25) is 0 Å². The lowest BCUT2D eigenvalue weighted by Gasteiger charge is -2.08. The minimum absolute atomic E-state index is 0.145. The van der Waals surface area contributed by atoms with Gasteiger partial charge in [0.2, 0.25) is 0 Å². The summed E-state index contributed by atoms with van der Waals surface area (Å²) in [4.78, 5) is 16.3. The molecule has 0 spiro atoms. The number of carbonyl (C=O) groups is 1. The zero-order valence-corrected chi connectivity index (χ0v) is 14.9. The maximum atomic E-state index is 13.7. The molecule has 3 rings (SSSR count). The van der Waals surface area contributed by atoms with Crippen molar-refractivity contribution >= 4 is 34.2 Å². The number of fused-ring (bicyclic) bond motifs is 1. The number of hydrogen-bond acceptors (Lipinski definition) is 5. The fourth-order valence-electron chi connectivity index (χ4n) is 2.55. The normalized spacial score (nSPS) is 11.8. The van der Waals surface area contributed by atoms with E-state index in [0.29, 0.717) is 5.52 Å². The van der Waals surface area contributed by atoms with E-state index < -0.39 is 24.2 Å². The molecule has 0 amide bonds. The van der Waals surface area contributed by atoms with Crippen molar-refractivity contribution in [2.75, 3.05) is 6.61 Å². The van der Waals surface area contributed by atoms with Gasteiger partial charge in [-0.25, -0.2) is 14.2 Å². The zero-order valence-electron chi connectivity index (χ0n) is 14.1. The summed E-state index contributed by atoms with van der Waals surface area (Å²) < 4.78 is 20.3. The molecule has 27 heavy (non-hydrogen) atoms. The van der Waals surface area contributed by atoms with E-state index in [0.717, 1.165) is 17.6 Å². The summed E-state index contributed by atoms with van der Waals surface area (Å²) in [6.45, 7) is -0.614. The van der Waals surface area contributed by atoms with Crippen LogP contribution in [0.15, 0.2) is 48.2 Å². The SMILES string of the molecule is Cn1c(/C(C#N)=C(\O)COC(=O)c2cc(Cl)ccc2F)nc2ccccc21. The maximum Gasteiger partial charge on any atom is 0.341 e. The minimum Gasteiger partial charge on any atom is -0.507 e. The number of nitrogens with zero attached hydrogens (tertiary/aromatic N) is 3. The molecule has 0 saturated carbocycles. The fourth-order valence-corrected chi connectivity index (χ4v) is 2.72. The molecule has 6 nitrogen and oxygen atoms in total. The first-order chi connectivity index (χ1) is 12.9. The van der Waals surface area contributed by atoms with Crippen molar-refractivity contribution < 1.29 is 19.0 Å². The van der Waals surface area contributed by atoms with Gasteiger partial charge in [0.25, 0.3) is 0 Å². The van der Waals surface area contributed by atoms with Gasteiger partial charge in [0.15, 0.2) is 11.6 Å². The lowest BCUT2D eigenvalue weighted by Crippen LogP contribution is -2.11. The number of rotatable bonds is 4. The Hall–Kier alpha value is -3.37. The van der Waals surface area contributed by atoms with Gasteiger partial charge in [0.1, 0.15) is 24.1 Å². The lowest BCUT2D eigenvalue weighted by molar-refractivity contribution is 0.0497. The summed E-state index contributed by atoms with van der Waals surface area (Å²) >= 11 is 5.75. The number of aliphatic hydroxyl groups excluding tert-OH is 1. The van der Waals surface area contributed by atoms with Crippen LogP contribution in [0.25, 0.3) is 16.6 Å². The van der Waals surface area contributed by atoms with E-state index in [1.54, 1.807) is 23.7 Å². The van der Waals surface area contributed by atoms with Crippen LogP contribution in [0.3, 0.4) is 0 Å². The second-order valence-electron chi connectivity index (χ2n) is 5.62. The van der Waals surface area contributed by atoms with Gasteiger partial charge in [-0.15, -0.1) is 0 Å². The van der Waals surface area contributed by atoms with E-state index in [4.69, 9.17) is 16.3 Å². The number of aromatic nitrogens is 2. The Morgan fingerprint density at radius 3 is 2.81 bits per heavy atom. The summed E-state index contributed by atoms with van der Waals surface area (Å²) in [5, 5.41) is 19.8. The van der Waals surface area contributed by atoms with Crippen LogP contribution in [-0.4, -0.2) is 27.2 Å². The largest absolute Gasteiger partial charge is 0.507 e. The fraction of sp³-hybridized carbons (Fsp3) is 0.105. The van der Waals surface area contributed by atoms with E-state index >= 15 is 0 Å². The summed E-state index contributed by atoms with van der Waals surface area (Å²) in [6.07, 6.45) is 0. The molecule has 1 N–H and O–H groups in total. The predicted molar refractivity (Wildman–Crippen MR) is 97.6 cm³/mol. The van der Waals surface area contributed by atoms with Crippen molar-refractivity contribution in [3.8, 4) is 6.07 Å². The highest BCUT2D eigenvalue weighted by atomic mass is 35.5. The predicted octanol–water partition coefficient (Wildman–Crippen LogP) is 4.02. The summed E-state index contributed by atoms with van der Waals surface area (Å²) in [5.74, 6) is -2.08. The topological polar surface area (TPSA) is 88.1 Å². The third-order valence-corrected chi connectivity index (χ3v) is 4.13. The molecule has 0 aliphatic carbocycles. The van der Waals surface area contributed by atoms with Crippen molar-refractivity contribution in [3.05, 3.63) is 70.5 Å². The highest BCUT2D eigenvalue weighted by Crippen LogP contribution is 2.22. The number of imidazole rings is 1. The molecule has 0 radical (unpaired) electrons. The van der Waals surface area contributed by atoms with E-state index in [2.05, 4.69) is 4.98 Å². The van der Waals surface area contributed by atoms with Gasteiger partial charge in [-0.1, -0.05) is 23.7 Å². The first kappa shape index (κ1) is 18.4. The molecule has 0 atom stereocenters. The van der Waals surface area contributed by atoms with Crippen LogP contribution in [0.1, 0.15) is 16.2 Å². The molecule has 1 heterocycles. The molecule has 1 aromatic heterocycles. The number of hydrogen-bond donors (Lipinski definition) is 1. The summed E-state index contributed by atoms with van der Waals surface area (Å²) in [5.41, 5.74) is 0.907. The van der Waals surface area contributed by atoms with Crippen molar-refractivity contribution in [3.63, 3.8) is 0 Å². The molecule has 3 aromatic rings. The average molecular weight is 386 g/mol. The van der Waals surface area contributed by atoms with Crippen molar-refractivity contribution in [1.82, 2.24) is 9.55 Å². The third kappa shape index (κ3) is 3.61. The monoisotopic (exact) mass is 385 g/mol. The van der Waals surface area contributed by atoms with Crippen molar-refractivity contribution in [2.24, 2.45) is 7.05 Å². The Kier molecular flexibility index (Phi) is 5.10. The zero-order chi connectivity index (χ0) is 19.6.